The van der Waals surface area contributed by atoms with Gasteiger partial charge < -0.3 is 5.11 Å². The number of nitrogens with zero attached hydrogens (tertiary/aromatic N) is 2. The molecular weight excluding hydrogens is 288 g/mol. The number of rotatable bonds is 2. The fourth-order valence-electron chi connectivity index (χ4n) is 3.13. The lowest BCUT2D eigenvalue weighted by molar-refractivity contribution is 0.0768. The molecule has 2 aliphatic rings. The number of hydrogen-bond donors (Lipinski definition) is 1. The topological polar surface area (TPSA) is 70.5 Å². The van der Waals surface area contributed by atoms with Crippen LogP contribution in [-0.2, 0) is 10.0 Å². The van der Waals surface area contributed by atoms with Crippen LogP contribution >= 0.6 is 11.6 Å². The van der Waals surface area contributed by atoms with Crippen molar-refractivity contribution in [3.05, 3.63) is 23.5 Å². The van der Waals surface area contributed by atoms with Crippen molar-refractivity contribution in [1.29, 1.82) is 0 Å². The van der Waals surface area contributed by atoms with Crippen LogP contribution in [0.5, 0.6) is 0 Å². The van der Waals surface area contributed by atoms with Crippen LogP contribution in [-0.4, -0.2) is 41.0 Å². The maximum Gasteiger partial charge on any atom is 0.245 e. The third kappa shape index (κ3) is 2.27. The van der Waals surface area contributed by atoms with Crippen LogP contribution in [0.3, 0.4) is 0 Å². The van der Waals surface area contributed by atoms with Gasteiger partial charge in [-0.25, -0.2) is 13.4 Å². The van der Waals surface area contributed by atoms with Crippen LogP contribution in [0, 0.1) is 0 Å². The molecule has 19 heavy (non-hydrogen) atoms. The molecule has 104 valence electrons. The van der Waals surface area contributed by atoms with E-state index in [9.17, 15) is 13.5 Å². The van der Waals surface area contributed by atoms with Crippen molar-refractivity contribution >= 4 is 21.6 Å². The standard InChI is InChI=1S/C12H15ClN2O3S/c13-12-4-3-11(7-14-12)19(17,18)15-8-1-2-9(15)6-10(16)5-8/h3-4,7-10,16H,1-2,5-6H2. The average Bonchev–Trinajstić information content (AvgIpc) is 2.64. The summed E-state index contributed by atoms with van der Waals surface area (Å²) >= 11 is 5.68. The van der Waals surface area contributed by atoms with E-state index < -0.39 is 10.0 Å². The molecule has 5 nitrogen and oxygen atoms in total. The van der Waals surface area contributed by atoms with Gasteiger partial charge in [0.25, 0.3) is 0 Å². The zero-order valence-corrected chi connectivity index (χ0v) is 11.8. The van der Waals surface area contributed by atoms with E-state index in [4.69, 9.17) is 11.6 Å². The minimum atomic E-state index is -3.54. The molecular formula is C12H15ClN2O3S. The predicted octanol–water partition coefficient (Wildman–Crippen LogP) is 1.41. The molecule has 2 atom stereocenters. The molecule has 0 radical (unpaired) electrons. The van der Waals surface area contributed by atoms with Crippen molar-refractivity contribution < 1.29 is 13.5 Å². The zero-order chi connectivity index (χ0) is 13.6. The Hall–Kier alpha value is -0.690. The Morgan fingerprint density at radius 3 is 2.42 bits per heavy atom. The van der Waals surface area contributed by atoms with E-state index in [0.717, 1.165) is 12.8 Å². The van der Waals surface area contributed by atoms with Crippen molar-refractivity contribution in [1.82, 2.24) is 9.29 Å². The molecule has 2 saturated heterocycles. The summed E-state index contributed by atoms with van der Waals surface area (Å²) in [6, 6.07) is 2.79. The Kier molecular flexibility index (Phi) is 3.29. The number of piperidine rings is 1. The number of halogens is 1. The Labute approximate surface area is 117 Å². The monoisotopic (exact) mass is 302 g/mol. The molecule has 2 unspecified atom stereocenters. The number of aromatic nitrogens is 1. The molecule has 0 spiro atoms. The zero-order valence-electron chi connectivity index (χ0n) is 10.2. The second-order valence-electron chi connectivity index (χ2n) is 5.16. The van der Waals surface area contributed by atoms with Gasteiger partial charge in [-0.3, -0.25) is 0 Å². The fourth-order valence-corrected chi connectivity index (χ4v) is 5.08. The van der Waals surface area contributed by atoms with E-state index in [-0.39, 0.29) is 28.2 Å². The molecule has 0 aromatic carbocycles. The van der Waals surface area contributed by atoms with Crippen LogP contribution in [0.1, 0.15) is 25.7 Å². The van der Waals surface area contributed by atoms with Crippen LogP contribution in [0.15, 0.2) is 23.2 Å². The normalized spacial score (nSPS) is 31.6. The summed E-state index contributed by atoms with van der Waals surface area (Å²) in [7, 11) is -3.54. The third-order valence-corrected chi connectivity index (χ3v) is 6.13. The first-order valence-electron chi connectivity index (χ1n) is 6.31. The highest BCUT2D eigenvalue weighted by molar-refractivity contribution is 7.89. The highest BCUT2D eigenvalue weighted by Gasteiger charge is 2.46. The number of pyridine rings is 1. The summed E-state index contributed by atoms with van der Waals surface area (Å²) in [5.74, 6) is 0. The molecule has 0 amide bonds. The molecule has 2 fully saturated rings. The summed E-state index contributed by atoms with van der Waals surface area (Å²) in [6.07, 6.45) is 3.60. The third-order valence-electron chi connectivity index (χ3n) is 3.92. The highest BCUT2D eigenvalue weighted by Crippen LogP contribution is 2.39. The van der Waals surface area contributed by atoms with Gasteiger partial charge in [0.05, 0.1) is 6.10 Å². The molecule has 0 saturated carbocycles. The van der Waals surface area contributed by atoms with E-state index in [0.29, 0.717) is 12.8 Å². The Morgan fingerprint density at radius 2 is 1.89 bits per heavy atom. The number of aliphatic hydroxyl groups excluding tert-OH is 1. The maximum absolute atomic E-state index is 12.6. The van der Waals surface area contributed by atoms with E-state index in [1.165, 1.54) is 18.3 Å². The fraction of sp³-hybridized carbons (Fsp3) is 0.583. The van der Waals surface area contributed by atoms with E-state index in [2.05, 4.69) is 4.98 Å². The Bertz CT molecular complexity index is 561. The van der Waals surface area contributed by atoms with Gasteiger partial charge in [-0.2, -0.15) is 4.31 Å². The molecule has 1 aromatic heterocycles. The van der Waals surface area contributed by atoms with Gasteiger partial charge >= 0.3 is 0 Å². The molecule has 2 bridgehead atoms. The van der Waals surface area contributed by atoms with Crippen molar-refractivity contribution in [2.45, 2.75) is 48.8 Å². The lowest BCUT2D eigenvalue weighted by Crippen LogP contribution is -2.47. The van der Waals surface area contributed by atoms with Crippen molar-refractivity contribution in [2.75, 3.05) is 0 Å². The second kappa shape index (κ2) is 4.70. The smallest absolute Gasteiger partial charge is 0.245 e. The molecule has 1 N–H and O–H groups in total. The molecule has 1 aromatic rings. The van der Waals surface area contributed by atoms with Crippen LogP contribution in [0.25, 0.3) is 0 Å². The van der Waals surface area contributed by atoms with Crippen LogP contribution in [0.2, 0.25) is 5.15 Å². The molecule has 7 heteroatoms. The van der Waals surface area contributed by atoms with E-state index in [1.807, 2.05) is 0 Å². The van der Waals surface area contributed by atoms with Gasteiger partial charge in [0.1, 0.15) is 10.0 Å². The molecule has 3 rings (SSSR count). The van der Waals surface area contributed by atoms with Crippen LogP contribution < -0.4 is 0 Å². The van der Waals surface area contributed by atoms with Crippen molar-refractivity contribution in [3.8, 4) is 0 Å². The summed E-state index contributed by atoms with van der Waals surface area (Å²) in [6.45, 7) is 0. The number of fused-ring (bicyclic) bond motifs is 2. The first-order valence-corrected chi connectivity index (χ1v) is 8.13. The largest absolute Gasteiger partial charge is 0.393 e. The van der Waals surface area contributed by atoms with Gasteiger partial charge in [0.15, 0.2) is 0 Å². The van der Waals surface area contributed by atoms with Gasteiger partial charge in [-0.15, -0.1) is 0 Å². The lowest BCUT2D eigenvalue weighted by atomic mass is 10.0. The SMILES string of the molecule is O=S(=O)(c1ccc(Cl)nc1)N1C2CCC1CC(O)C2. The molecule has 3 heterocycles. The first-order chi connectivity index (χ1) is 8.98. The molecule has 2 aliphatic heterocycles. The van der Waals surface area contributed by atoms with E-state index >= 15 is 0 Å². The van der Waals surface area contributed by atoms with Crippen molar-refractivity contribution in [3.63, 3.8) is 0 Å². The first kappa shape index (κ1) is 13.3. The van der Waals surface area contributed by atoms with Gasteiger partial charge in [0, 0.05) is 18.3 Å². The summed E-state index contributed by atoms with van der Waals surface area (Å²) in [4.78, 5) is 4.01. The van der Waals surface area contributed by atoms with Gasteiger partial charge in [-0.05, 0) is 37.8 Å². The van der Waals surface area contributed by atoms with Crippen LogP contribution in [0.4, 0.5) is 0 Å². The minimum absolute atomic E-state index is 0.0885. The summed E-state index contributed by atoms with van der Waals surface area (Å²) in [5.41, 5.74) is 0. The predicted molar refractivity (Wildman–Crippen MR) is 70.3 cm³/mol. The lowest BCUT2D eigenvalue weighted by Gasteiger charge is -2.35. The molecule has 0 aliphatic carbocycles. The Morgan fingerprint density at radius 1 is 1.26 bits per heavy atom. The number of sulfonamides is 1. The van der Waals surface area contributed by atoms with Gasteiger partial charge in [0.2, 0.25) is 10.0 Å². The van der Waals surface area contributed by atoms with Crippen molar-refractivity contribution in [2.24, 2.45) is 0 Å². The van der Waals surface area contributed by atoms with Gasteiger partial charge in [-0.1, -0.05) is 11.6 Å². The quantitative estimate of drug-likeness (QED) is 0.839. The van der Waals surface area contributed by atoms with E-state index in [1.54, 1.807) is 4.31 Å². The second-order valence-corrected chi connectivity index (χ2v) is 7.39. The number of aliphatic hydroxyl groups is 1. The maximum atomic E-state index is 12.6. The number of hydrogen-bond acceptors (Lipinski definition) is 4. The average molecular weight is 303 g/mol. The minimum Gasteiger partial charge on any atom is -0.393 e. The highest BCUT2D eigenvalue weighted by atomic mass is 35.5. The summed E-state index contributed by atoms with van der Waals surface area (Å²) < 4.78 is 26.8. The summed E-state index contributed by atoms with van der Waals surface area (Å²) in [5, 5.41) is 10.0. The Balaban J connectivity index is 1.95.